The van der Waals surface area contributed by atoms with Crippen molar-refractivity contribution in [2.45, 2.75) is 44.9 Å². The number of hydrogen-bond acceptors (Lipinski definition) is 4. The van der Waals surface area contributed by atoms with Crippen LogP contribution in [0.2, 0.25) is 0 Å². The standard InChI is InChI=1S/C25H30F3N3O4/c1-16(2)15-24(34)8-10-31(11-9-24)23(33)30-19-12-18(25(26,27)28)13-21(14-19)35-20-6-4-17(5-7-20)22(32)29-3/h4-7,12-14,16,34H,8-11,15H2,1-3H3,(H,29,32)(H,30,33). The number of urea groups is 1. The first-order chi connectivity index (χ1) is 16.4. The number of benzene rings is 2. The average Bonchev–Trinajstić information content (AvgIpc) is 2.78. The summed E-state index contributed by atoms with van der Waals surface area (Å²) in [5.74, 6) is 0.118. The van der Waals surface area contributed by atoms with Gasteiger partial charge in [0, 0.05) is 37.5 Å². The number of aliphatic hydroxyl groups is 1. The summed E-state index contributed by atoms with van der Waals surface area (Å²) in [6.45, 7) is 4.63. The Morgan fingerprint density at radius 1 is 1.09 bits per heavy atom. The minimum Gasteiger partial charge on any atom is -0.457 e. The lowest BCUT2D eigenvalue weighted by Crippen LogP contribution is -2.48. The van der Waals surface area contributed by atoms with Gasteiger partial charge in [-0.2, -0.15) is 13.2 Å². The van der Waals surface area contributed by atoms with Crippen LogP contribution in [0.5, 0.6) is 11.5 Å². The number of hydrogen-bond donors (Lipinski definition) is 3. The zero-order valence-electron chi connectivity index (χ0n) is 19.9. The highest BCUT2D eigenvalue weighted by molar-refractivity contribution is 5.94. The number of rotatable bonds is 6. The van der Waals surface area contributed by atoms with Crippen molar-refractivity contribution in [3.8, 4) is 11.5 Å². The van der Waals surface area contributed by atoms with Gasteiger partial charge in [0.05, 0.1) is 11.2 Å². The fourth-order valence-electron chi connectivity index (χ4n) is 4.14. The third kappa shape index (κ3) is 7.11. The predicted molar refractivity (Wildman–Crippen MR) is 126 cm³/mol. The monoisotopic (exact) mass is 493 g/mol. The van der Waals surface area contributed by atoms with E-state index < -0.39 is 23.4 Å². The largest absolute Gasteiger partial charge is 0.457 e. The maximum atomic E-state index is 13.5. The number of halogens is 3. The minimum absolute atomic E-state index is 0.0650. The Hall–Kier alpha value is -3.27. The van der Waals surface area contributed by atoms with E-state index in [1.165, 1.54) is 42.3 Å². The summed E-state index contributed by atoms with van der Waals surface area (Å²) < 4.78 is 46.1. The number of alkyl halides is 3. The molecule has 0 aromatic heterocycles. The zero-order valence-corrected chi connectivity index (χ0v) is 19.9. The molecule has 1 aliphatic heterocycles. The molecule has 190 valence electrons. The van der Waals surface area contributed by atoms with Gasteiger partial charge in [0.25, 0.3) is 5.91 Å². The zero-order chi connectivity index (χ0) is 25.8. The van der Waals surface area contributed by atoms with E-state index in [1.807, 2.05) is 13.8 Å². The highest BCUT2D eigenvalue weighted by Gasteiger charge is 2.35. The second-order valence-electron chi connectivity index (χ2n) is 9.19. The molecule has 0 spiro atoms. The van der Waals surface area contributed by atoms with Crippen LogP contribution in [0.15, 0.2) is 42.5 Å². The van der Waals surface area contributed by atoms with Crippen LogP contribution in [-0.4, -0.2) is 47.7 Å². The summed E-state index contributed by atoms with van der Waals surface area (Å²) in [5, 5.41) is 15.7. The number of anilines is 1. The first-order valence-electron chi connectivity index (χ1n) is 11.4. The predicted octanol–water partition coefficient (Wildman–Crippen LogP) is 5.26. The first-order valence-corrected chi connectivity index (χ1v) is 11.4. The molecule has 35 heavy (non-hydrogen) atoms. The van der Waals surface area contributed by atoms with Gasteiger partial charge in [-0.05, 0) is 61.6 Å². The van der Waals surface area contributed by atoms with E-state index in [1.54, 1.807) is 0 Å². The Bertz CT molecular complexity index is 1050. The molecule has 1 aliphatic rings. The molecular formula is C25H30F3N3O4. The molecule has 0 aliphatic carbocycles. The van der Waals surface area contributed by atoms with Crippen molar-refractivity contribution in [3.63, 3.8) is 0 Å². The Morgan fingerprint density at radius 3 is 2.26 bits per heavy atom. The molecule has 0 unspecified atom stereocenters. The van der Waals surface area contributed by atoms with Crippen molar-refractivity contribution in [3.05, 3.63) is 53.6 Å². The van der Waals surface area contributed by atoms with Gasteiger partial charge in [-0.25, -0.2) is 4.79 Å². The highest BCUT2D eigenvalue weighted by atomic mass is 19.4. The highest BCUT2D eigenvalue weighted by Crippen LogP contribution is 2.36. The van der Waals surface area contributed by atoms with Crippen LogP contribution in [0.1, 0.15) is 49.0 Å². The van der Waals surface area contributed by atoms with E-state index in [2.05, 4.69) is 10.6 Å². The molecule has 0 bridgehead atoms. The van der Waals surface area contributed by atoms with Crippen LogP contribution < -0.4 is 15.4 Å². The van der Waals surface area contributed by atoms with Crippen molar-refractivity contribution in [2.24, 2.45) is 5.92 Å². The number of nitrogens with zero attached hydrogens (tertiary/aromatic N) is 1. The fraction of sp³-hybridized carbons (Fsp3) is 0.440. The van der Waals surface area contributed by atoms with E-state index >= 15 is 0 Å². The van der Waals surface area contributed by atoms with Gasteiger partial charge >= 0.3 is 12.2 Å². The molecule has 3 amide bonds. The first kappa shape index (κ1) is 26.3. The topological polar surface area (TPSA) is 90.9 Å². The van der Waals surface area contributed by atoms with Gasteiger partial charge in [-0.3, -0.25) is 4.79 Å². The quantitative estimate of drug-likeness (QED) is 0.512. The fourth-order valence-corrected chi connectivity index (χ4v) is 4.14. The van der Waals surface area contributed by atoms with Crippen molar-refractivity contribution in [1.82, 2.24) is 10.2 Å². The van der Waals surface area contributed by atoms with Crippen LogP contribution in [0.4, 0.5) is 23.7 Å². The van der Waals surface area contributed by atoms with Crippen LogP contribution >= 0.6 is 0 Å². The van der Waals surface area contributed by atoms with Crippen molar-refractivity contribution in [2.75, 3.05) is 25.5 Å². The van der Waals surface area contributed by atoms with E-state index in [-0.39, 0.29) is 23.1 Å². The molecule has 10 heteroatoms. The Balaban J connectivity index is 1.74. The van der Waals surface area contributed by atoms with Crippen LogP contribution in [0.3, 0.4) is 0 Å². The molecule has 0 saturated carbocycles. The molecule has 0 atom stereocenters. The van der Waals surface area contributed by atoms with Crippen molar-refractivity contribution < 1.29 is 32.6 Å². The smallest absolute Gasteiger partial charge is 0.416 e. The normalized spacial score (nSPS) is 15.6. The van der Waals surface area contributed by atoms with Gasteiger partial charge in [0.15, 0.2) is 0 Å². The molecule has 3 N–H and O–H groups in total. The number of likely N-dealkylation sites (tertiary alicyclic amines) is 1. The number of carbonyl (C=O) groups excluding carboxylic acids is 2. The summed E-state index contributed by atoms with van der Waals surface area (Å²) in [4.78, 5) is 25.9. The molecular weight excluding hydrogens is 463 g/mol. The van der Waals surface area contributed by atoms with Crippen molar-refractivity contribution in [1.29, 1.82) is 0 Å². The number of piperidine rings is 1. The van der Waals surface area contributed by atoms with Crippen LogP contribution in [-0.2, 0) is 6.18 Å². The van der Waals surface area contributed by atoms with E-state index in [9.17, 15) is 27.9 Å². The lowest BCUT2D eigenvalue weighted by molar-refractivity contribution is -0.137. The summed E-state index contributed by atoms with van der Waals surface area (Å²) >= 11 is 0. The third-order valence-electron chi connectivity index (χ3n) is 5.83. The lowest BCUT2D eigenvalue weighted by atomic mass is 9.84. The SMILES string of the molecule is CNC(=O)c1ccc(Oc2cc(NC(=O)N3CCC(O)(CC(C)C)CC3)cc(C(F)(F)F)c2)cc1. The van der Waals surface area contributed by atoms with Gasteiger partial charge < -0.3 is 25.4 Å². The molecule has 3 rings (SSSR count). The molecule has 2 aromatic rings. The Morgan fingerprint density at radius 2 is 1.71 bits per heavy atom. The summed E-state index contributed by atoms with van der Waals surface area (Å²) in [5.41, 5.74) is -1.50. The number of ether oxygens (including phenoxy) is 1. The third-order valence-corrected chi connectivity index (χ3v) is 5.83. The van der Waals surface area contributed by atoms with Gasteiger partial charge in [0.2, 0.25) is 0 Å². The van der Waals surface area contributed by atoms with Crippen molar-refractivity contribution >= 4 is 17.6 Å². The summed E-state index contributed by atoms with van der Waals surface area (Å²) in [7, 11) is 1.49. The second kappa shape index (κ2) is 10.6. The molecule has 7 nitrogen and oxygen atoms in total. The average molecular weight is 494 g/mol. The minimum atomic E-state index is -4.65. The molecule has 1 fully saturated rings. The molecule has 2 aromatic carbocycles. The summed E-state index contributed by atoms with van der Waals surface area (Å²) in [6.07, 6.45) is -3.22. The Kier molecular flexibility index (Phi) is 7.94. The van der Waals surface area contributed by atoms with Crippen LogP contribution in [0, 0.1) is 5.92 Å². The molecule has 1 saturated heterocycles. The van der Waals surface area contributed by atoms with Crippen LogP contribution in [0.25, 0.3) is 0 Å². The number of nitrogens with one attached hydrogen (secondary N) is 2. The van der Waals surface area contributed by atoms with Gasteiger partial charge in [-0.15, -0.1) is 0 Å². The van der Waals surface area contributed by atoms with E-state index in [0.717, 1.165) is 12.1 Å². The molecule has 0 radical (unpaired) electrons. The second-order valence-corrected chi connectivity index (χ2v) is 9.19. The maximum absolute atomic E-state index is 13.5. The number of amides is 3. The van der Waals surface area contributed by atoms with E-state index in [0.29, 0.717) is 43.8 Å². The van der Waals surface area contributed by atoms with Gasteiger partial charge in [0.1, 0.15) is 11.5 Å². The Labute approximate surface area is 202 Å². The number of carbonyl (C=O) groups is 2. The lowest BCUT2D eigenvalue weighted by Gasteiger charge is -2.39. The van der Waals surface area contributed by atoms with E-state index in [4.69, 9.17) is 4.74 Å². The molecule has 1 heterocycles. The maximum Gasteiger partial charge on any atom is 0.416 e. The summed E-state index contributed by atoms with van der Waals surface area (Å²) in [6, 6.07) is 8.36. The van der Waals surface area contributed by atoms with Gasteiger partial charge in [-0.1, -0.05) is 13.8 Å².